The quantitative estimate of drug-likeness (QED) is 0.633. The number of hydrogen-bond donors (Lipinski definition) is 1. The predicted molar refractivity (Wildman–Crippen MR) is 86.6 cm³/mol. The highest BCUT2D eigenvalue weighted by Gasteiger charge is 2.43. The van der Waals surface area contributed by atoms with Crippen molar-refractivity contribution in [1.82, 2.24) is 9.88 Å². The molecule has 0 aliphatic carbocycles. The van der Waals surface area contributed by atoms with Crippen LogP contribution in [0.1, 0.15) is 41.9 Å². The number of ketones is 1. The van der Waals surface area contributed by atoms with Crippen molar-refractivity contribution in [3.05, 3.63) is 16.1 Å². The van der Waals surface area contributed by atoms with Crippen molar-refractivity contribution in [2.24, 2.45) is 0 Å². The molecule has 0 bridgehead atoms. The van der Waals surface area contributed by atoms with E-state index in [4.69, 9.17) is 4.74 Å². The first kappa shape index (κ1) is 17.4. The van der Waals surface area contributed by atoms with E-state index in [2.05, 4.69) is 20.9 Å². The molecule has 1 atom stereocenters. The lowest BCUT2D eigenvalue weighted by Crippen LogP contribution is -2.38. The first-order valence-corrected chi connectivity index (χ1v) is 8.84. The monoisotopic (exact) mass is 390 g/mol. The fraction of sp³-hybridized carbons (Fsp3) is 0.643. The van der Waals surface area contributed by atoms with Crippen LogP contribution in [0.15, 0.2) is 6.20 Å². The Morgan fingerprint density at radius 1 is 1.55 bits per heavy atom. The standard InChI is InChI=1S/C14H19BrN2O4S/c1-13(2,3)21-12(19)17-5-4-14(20,8-17)11-16-7-10(22-11)9(18)6-15/h7,20H,4-6,8H2,1-3H3. The number of aromatic nitrogens is 1. The van der Waals surface area contributed by atoms with Gasteiger partial charge < -0.3 is 14.7 Å². The van der Waals surface area contributed by atoms with E-state index < -0.39 is 17.3 Å². The Hall–Kier alpha value is -0.990. The van der Waals surface area contributed by atoms with Crippen molar-refractivity contribution in [2.45, 2.75) is 38.4 Å². The number of amides is 1. The maximum atomic E-state index is 12.1. The number of carbonyl (C=O) groups excluding carboxylic acids is 2. The predicted octanol–water partition coefficient (Wildman–Crippen LogP) is 2.55. The normalized spacial score (nSPS) is 22.0. The van der Waals surface area contributed by atoms with Gasteiger partial charge in [-0.1, -0.05) is 15.9 Å². The lowest BCUT2D eigenvalue weighted by atomic mass is 10.1. The summed E-state index contributed by atoms with van der Waals surface area (Å²) in [5.41, 5.74) is -1.79. The van der Waals surface area contributed by atoms with Crippen LogP contribution in [0.3, 0.4) is 0 Å². The largest absolute Gasteiger partial charge is 0.444 e. The maximum absolute atomic E-state index is 12.1. The first-order valence-electron chi connectivity index (χ1n) is 6.90. The molecule has 2 heterocycles. The van der Waals surface area contributed by atoms with Gasteiger partial charge in [-0.05, 0) is 20.8 Å². The molecule has 1 unspecified atom stereocenters. The van der Waals surface area contributed by atoms with Gasteiger partial charge in [-0.15, -0.1) is 11.3 Å². The molecule has 1 aromatic heterocycles. The number of nitrogens with zero attached hydrogens (tertiary/aromatic N) is 2. The molecule has 1 saturated heterocycles. The molecule has 122 valence electrons. The maximum Gasteiger partial charge on any atom is 0.410 e. The smallest absolute Gasteiger partial charge is 0.410 e. The number of rotatable bonds is 3. The highest BCUT2D eigenvalue weighted by atomic mass is 79.9. The van der Waals surface area contributed by atoms with E-state index in [1.165, 1.54) is 22.4 Å². The molecular formula is C14H19BrN2O4S. The molecule has 8 heteroatoms. The molecule has 22 heavy (non-hydrogen) atoms. The second kappa shape index (κ2) is 6.25. The average molecular weight is 391 g/mol. The lowest BCUT2D eigenvalue weighted by molar-refractivity contribution is 0.0139. The van der Waals surface area contributed by atoms with Crippen molar-refractivity contribution < 1.29 is 19.4 Å². The van der Waals surface area contributed by atoms with Crippen molar-refractivity contribution in [3.63, 3.8) is 0 Å². The van der Waals surface area contributed by atoms with Gasteiger partial charge in [-0.3, -0.25) is 4.79 Å². The van der Waals surface area contributed by atoms with E-state index in [9.17, 15) is 14.7 Å². The summed E-state index contributed by atoms with van der Waals surface area (Å²) in [6, 6.07) is 0. The minimum Gasteiger partial charge on any atom is -0.444 e. The Morgan fingerprint density at radius 2 is 2.23 bits per heavy atom. The van der Waals surface area contributed by atoms with Crippen LogP contribution in [0, 0.1) is 0 Å². The Kier molecular flexibility index (Phi) is 4.93. The number of β-amino-alcohol motifs (C(OH)–C–C–N with tert-alkyl or cyclic N) is 1. The third-order valence-electron chi connectivity index (χ3n) is 3.20. The van der Waals surface area contributed by atoms with E-state index in [-0.39, 0.29) is 17.7 Å². The zero-order valence-corrected chi connectivity index (χ0v) is 15.2. The van der Waals surface area contributed by atoms with Gasteiger partial charge >= 0.3 is 6.09 Å². The van der Waals surface area contributed by atoms with E-state index in [1.807, 2.05) is 0 Å². The number of Topliss-reactive ketones (excluding diaryl/α,β-unsaturated/α-hetero) is 1. The topological polar surface area (TPSA) is 79.7 Å². The molecule has 1 fully saturated rings. The average Bonchev–Trinajstić information content (AvgIpc) is 3.03. The lowest BCUT2D eigenvalue weighted by Gasteiger charge is -2.25. The van der Waals surface area contributed by atoms with Crippen LogP contribution in [0.5, 0.6) is 0 Å². The number of likely N-dealkylation sites (tertiary alicyclic amines) is 1. The summed E-state index contributed by atoms with van der Waals surface area (Å²) in [4.78, 5) is 29.8. The van der Waals surface area contributed by atoms with E-state index in [1.54, 1.807) is 20.8 Å². The van der Waals surface area contributed by atoms with Crippen LogP contribution in [-0.2, 0) is 10.3 Å². The molecule has 2 rings (SSSR count). The summed E-state index contributed by atoms with van der Waals surface area (Å²) >= 11 is 4.28. The van der Waals surface area contributed by atoms with Crippen LogP contribution in [0.25, 0.3) is 0 Å². The van der Waals surface area contributed by atoms with Crippen LogP contribution in [-0.4, -0.2) is 50.9 Å². The molecule has 0 radical (unpaired) electrons. The number of hydrogen-bond acceptors (Lipinski definition) is 6. The van der Waals surface area contributed by atoms with E-state index in [0.29, 0.717) is 22.9 Å². The van der Waals surface area contributed by atoms with Crippen LogP contribution in [0.2, 0.25) is 0 Å². The summed E-state index contributed by atoms with van der Waals surface area (Å²) < 4.78 is 5.31. The Balaban J connectivity index is 2.08. The summed E-state index contributed by atoms with van der Waals surface area (Å²) in [5.74, 6) is -0.0747. The highest BCUT2D eigenvalue weighted by molar-refractivity contribution is 9.09. The van der Waals surface area contributed by atoms with Gasteiger partial charge in [0.05, 0.1) is 16.8 Å². The summed E-state index contributed by atoms with van der Waals surface area (Å²) in [7, 11) is 0. The summed E-state index contributed by atoms with van der Waals surface area (Å²) in [5, 5.41) is 11.4. The Labute approximate surface area is 141 Å². The van der Waals surface area contributed by atoms with Crippen LogP contribution >= 0.6 is 27.3 Å². The Bertz CT molecular complexity index is 584. The molecular weight excluding hydrogens is 372 g/mol. The molecule has 1 aliphatic rings. The fourth-order valence-corrected chi connectivity index (χ4v) is 3.58. The van der Waals surface area contributed by atoms with Gasteiger partial charge in [-0.2, -0.15) is 0 Å². The van der Waals surface area contributed by atoms with Gasteiger partial charge in [0.15, 0.2) is 5.78 Å². The third-order valence-corrected chi connectivity index (χ3v) is 4.94. The van der Waals surface area contributed by atoms with Gasteiger partial charge in [0, 0.05) is 19.2 Å². The van der Waals surface area contributed by atoms with Gasteiger partial charge in [-0.25, -0.2) is 9.78 Å². The van der Waals surface area contributed by atoms with Crippen LogP contribution in [0.4, 0.5) is 4.79 Å². The first-order chi connectivity index (χ1) is 10.1. The minimum absolute atomic E-state index is 0.0747. The Morgan fingerprint density at radius 3 is 2.82 bits per heavy atom. The number of alkyl halides is 1. The SMILES string of the molecule is CC(C)(C)OC(=O)N1CCC(O)(c2ncc(C(=O)CBr)s2)C1. The van der Waals surface area contributed by atoms with Gasteiger partial charge in [0.1, 0.15) is 16.2 Å². The molecule has 6 nitrogen and oxygen atoms in total. The fourth-order valence-electron chi connectivity index (χ4n) is 2.13. The van der Waals surface area contributed by atoms with E-state index >= 15 is 0 Å². The zero-order valence-electron chi connectivity index (χ0n) is 12.8. The molecule has 1 aromatic rings. The number of carbonyl (C=O) groups is 2. The van der Waals surface area contributed by atoms with Gasteiger partial charge in [0.2, 0.25) is 0 Å². The number of halogens is 1. The van der Waals surface area contributed by atoms with E-state index in [0.717, 1.165) is 0 Å². The highest BCUT2D eigenvalue weighted by Crippen LogP contribution is 2.35. The molecule has 0 spiro atoms. The van der Waals surface area contributed by atoms with Gasteiger partial charge in [0.25, 0.3) is 0 Å². The molecule has 0 aromatic carbocycles. The minimum atomic E-state index is -1.22. The number of ether oxygens (including phenoxy) is 1. The molecule has 0 saturated carbocycles. The zero-order chi connectivity index (χ0) is 16.5. The second-order valence-electron chi connectivity index (χ2n) is 6.27. The second-order valence-corrected chi connectivity index (χ2v) is 7.86. The van der Waals surface area contributed by atoms with Crippen molar-refractivity contribution in [3.8, 4) is 0 Å². The summed E-state index contributed by atoms with van der Waals surface area (Å²) in [6.45, 7) is 5.91. The van der Waals surface area contributed by atoms with Crippen molar-refractivity contribution >= 4 is 39.1 Å². The number of thiazole rings is 1. The molecule has 1 aliphatic heterocycles. The summed E-state index contributed by atoms with van der Waals surface area (Å²) in [6.07, 6.45) is 1.40. The molecule has 1 N–H and O–H groups in total. The van der Waals surface area contributed by atoms with Crippen molar-refractivity contribution in [1.29, 1.82) is 0 Å². The van der Waals surface area contributed by atoms with Crippen LogP contribution < -0.4 is 0 Å². The number of aliphatic hydroxyl groups is 1. The molecule has 1 amide bonds. The third kappa shape index (κ3) is 3.85. The van der Waals surface area contributed by atoms with Crippen molar-refractivity contribution in [2.75, 3.05) is 18.4 Å².